The van der Waals surface area contributed by atoms with Gasteiger partial charge in [0.2, 0.25) is 0 Å². The first-order valence-electron chi connectivity index (χ1n) is 7.53. The first kappa shape index (κ1) is 13.7. The van der Waals surface area contributed by atoms with Crippen LogP contribution in [0.1, 0.15) is 0 Å². The van der Waals surface area contributed by atoms with E-state index < -0.39 is 0 Å². The lowest BCUT2D eigenvalue weighted by molar-refractivity contribution is 0.412. The molecule has 0 amide bonds. The van der Waals surface area contributed by atoms with Crippen molar-refractivity contribution in [2.24, 2.45) is 0 Å². The molecule has 4 rings (SSSR count). The Balaban J connectivity index is 2.06. The van der Waals surface area contributed by atoms with Gasteiger partial charge in [0.15, 0.2) is 0 Å². The number of hydrogen-bond acceptors (Lipinski definition) is 2. The summed E-state index contributed by atoms with van der Waals surface area (Å²) in [7, 11) is 3.38. The van der Waals surface area contributed by atoms with E-state index in [0.29, 0.717) is 0 Å². The molecule has 0 aliphatic rings. The van der Waals surface area contributed by atoms with E-state index in [9.17, 15) is 0 Å². The lowest BCUT2D eigenvalue weighted by Crippen LogP contribution is -1.88. The Morgan fingerprint density at radius 3 is 2.13 bits per heavy atom. The van der Waals surface area contributed by atoms with Crippen LogP contribution in [0, 0.1) is 0 Å². The monoisotopic (exact) mass is 303 g/mol. The summed E-state index contributed by atoms with van der Waals surface area (Å²) < 4.78 is 12.8. The van der Waals surface area contributed by atoms with Crippen LogP contribution in [0.2, 0.25) is 0 Å². The van der Waals surface area contributed by atoms with Crippen LogP contribution >= 0.6 is 0 Å². The summed E-state index contributed by atoms with van der Waals surface area (Å²) in [6.07, 6.45) is 2.03. The molecule has 2 heterocycles. The van der Waals surface area contributed by atoms with Gasteiger partial charge >= 0.3 is 0 Å². The summed E-state index contributed by atoms with van der Waals surface area (Å²) in [5.74, 6) is 1.71. The zero-order valence-electron chi connectivity index (χ0n) is 13.1. The maximum atomic E-state index is 5.38. The molecule has 0 radical (unpaired) electrons. The van der Waals surface area contributed by atoms with E-state index in [2.05, 4.69) is 46.9 Å². The largest absolute Gasteiger partial charge is 0.497 e. The number of nitrogens with zero attached hydrogens (tertiary/aromatic N) is 1. The van der Waals surface area contributed by atoms with Crippen LogP contribution in [0.4, 0.5) is 0 Å². The van der Waals surface area contributed by atoms with E-state index in [0.717, 1.165) is 17.0 Å². The van der Waals surface area contributed by atoms with Crippen LogP contribution in [-0.2, 0) is 0 Å². The van der Waals surface area contributed by atoms with E-state index in [-0.39, 0.29) is 0 Å². The molecule has 0 saturated carbocycles. The second kappa shape index (κ2) is 5.36. The molecule has 0 aliphatic heterocycles. The first-order valence-corrected chi connectivity index (χ1v) is 7.53. The van der Waals surface area contributed by atoms with Gasteiger partial charge < -0.3 is 13.9 Å². The highest BCUT2D eigenvalue weighted by Crippen LogP contribution is 2.36. The van der Waals surface area contributed by atoms with E-state index >= 15 is 0 Å². The molecule has 0 spiro atoms. The van der Waals surface area contributed by atoms with Gasteiger partial charge in [-0.05, 0) is 35.9 Å². The van der Waals surface area contributed by atoms with Crippen molar-refractivity contribution in [3.63, 3.8) is 0 Å². The van der Waals surface area contributed by atoms with Crippen molar-refractivity contribution < 1.29 is 9.47 Å². The molecule has 2 aromatic heterocycles. The van der Waals surface area contributed by atoms with Gasteiger partial charge in [0.25, 0.3) is 0 Å². The van der Waals surface area contributed by atoms with Gasteiger partial charge in [0.1, 0.15) is 11.5 Å². The van der Waals surface area contributed by atoms with Crippen molar-refractivity contribution >= 4 is 16.4 Å². The lowest BCUT2D eigenvalue weighted by atomic mass is 10.0. The maximum Gasteiger partial charge on any atom is 0.135 e. The number of aromatic nitrogens is 1. The van der Waals surface area contributed by atoms with Crippen LogP contribution in [0.5, 0.6) is 11.5 Å². The van der Waals surface area contributed by atoms with Crippen LogP contribution in [0.25, 0.3) is 27.5 Å². The van der Waals surface area contributed by atoms with Crippen LogP contribution in [0.15, 0.2) is 66.9 Å². The fraction of sp³-hybridized carbons (Fsp3) is 0.100. The van der Waals surface area contributed by atoms with Crippen molar-refractivity contribution in [1.82, 2.24) is 4.40 Å². The van der Waals surface area contributed by atoms with Gasteiger partial charge in [0.05, 0.1) is 31.4 Å². The van der Waals surface area contributed by atoms with Crippen LogP contribution < -0.4 is 9.47 Å². The average Bonchev–Trinajstić information content (AvgIpc) is 2.95. The zero-order valence-corrected chi connectivity index (χ0v) is 13.1. The number of methoxy groups -OCH3 is 2. The molecule has 0 N–H and O–H groups in total. The highest BCUT2D eigenvalue weighted by atomic mass is 16.5. The van der Waals surface area contributed by atoms with Crippen molar-refractivity contribution in [1.29, 1.82) is 0 Å². The fourth-order valence-corrected chi connectivity index (χ4v) is 3.10. The molecule has 0 saturated heterocycles. The molecule has 4 aromatic rings. The predicted molar refractivity (Wildman–Crippen MR) is 93.4 cm³/mol. The van der Waals surface area contributed by atoms with Gasteiger partial charge in [-0.25, -0.2) is 0 Å². The maximum absolute atomic E-state index is 5.38. The minimum absolute atomic E-state index is 0.847. The molecule has 2 aromatic carbocycles. The van der Waals surface area contributed by atoms with E-state index in [1.54, 1.807) is 14.2 Å². The summed E-state index contributed by atoms with van der Waals surface area (Å²) in [4.78, 5) is 0. The number of hydrogen-bond donors (Lipinski definition) is 0. The molecule has 3 nitrogen and oxygen atoms in total. The number of benzene rings is 2. The Kier molecular flexibility index (Phi) is 3.19. The molecule has 0 unspecified atom stereocenters. The Labute approximate surface area is 134 Å². The number of ether oxygens (including phenoxy) is 2. The van der Waals surface area contributed by atoms with Crippen molar-refractivity contribution in [3.8, 4) is 22.6 Å². The minimum atomic E-state index is 0.847. The summed E-state index contributed by atoms with van der Waals surface area (Å²) in [6.45, 7) is 0. The molecule has 0 fully saturated rings. The van der Waals surface area contributed by atoms with Gasteiger partial charge in [-0.3, -0.25) is 0 Å². The van der Waals surface area contributed by atoms with Gasteiger partial charge in [0, 0.05) is 10.9 Å². The quantitative estimate of drug-likeness (QED) is 0.544. The Bertz CT molecular complexity index is 984. The average molecular weight is 303 g/mol. The third-order valence-electron chi connectivity index (χ3n) is 4.22. The Morgan fingerprint density at radius 1 is 0.696 bits per heavy atom. The minimum Gasteiger partial charge on any atom is -0.497 e. The third-order valence-corrected chi connectivity index (χ3v) is 4.22. The second-order valence-electron chi connectivity index (χ2n) is 5.44. The molecule has 0 bridgehead atoms. The van der Waals surface area contributed by atoms with Gasteiger partial charge in [-0.15, -0.1) is 0 Å². The number of pyridine rings is 1. The summed E-state index contributed by atoms with van der Waals surface area (Å²) in [5.41, 5.74) is 4.74. The van der Waals surface area contributed by atoms with Gasteiger partial charge in [-0.1, -0.05) is 30.3 Å². The SMILES string of the molecule is COc1ccc(-c2c3ccccc3n3cc(OC)ccc23)cc1. The van der Waals surface area contributed by atoms with Crippen molar-refractivity contribution in [3.05, 3.63) is 66.9 Å². The van der Waals surface area contributed by atoms with Gasteiger partial charge in [-0.2, -0.15) is 0 Å². The molecule has 114 valence electrons. The highest BCUT2D eigenvalue weighted by molar-refractivity contribution is 6.05. The van der Waals surface area contributed by atoms with Crippen LogP contribution in [0.3, 0.4) is 0 Å². The molecule has 0 atom stereocenters. The van der Waals surface area contributed by atoms with Crippen molar-refractivity contribution in [2.45, 2.75) is 0 Å². The van der Waals surface area contributed by atoms with E-state index in [1.165, 1.54) is 22.0 Å². The fourth-order valence-electron chi connectivity index (χ4n) is 3.10. The molecule has 23 heavy (non-hydrogen) atoms. The molecule has 0 aliphatic carbocycles. The third kappa shape index (κ3) is 2.13. The number of para-hydroxylation sites is 1. The van der Waals surface area contributed by atoms with Crippen molar-refractivity contribution in [2.75, 3.05) is 14.2 Å². The van der Waals surface area contributed by atoms with Crippen LogP contribution in [-0.4, -0.2) is 18.6 Å². The first-order chi connectivity index (χ1) is 11.3. The Morgan fingerprint density at radius 2 is 1.39 bits per heavy atom. The van der Waals surface area contributed by atoms with E-state index in [4.69, 9.17) is 9.47 Å². The standard InChI is InChI=1S/C20H17NO2/c1-22-15-9-7-14(8-10-15)20-17-5-3-4-6-18(17)21-13-16(23-2)11-12-19(20)21/h3-13H,1-2H3. The molecular weight excluding hydrogens is 286 g/mol. The normalized spacial score (nSPS) is 11.0. The molecule has 3 heteroatoms. The lowest BCUT2D eigenvalue weighted by Gasteiger charge is -2.05. The molecular formula is C20H17NO2. The topological polar surface area (TPSA) is 22.9 Å². The smallest absolute Gasteiger partial charge is 0.135 e. The second-order valence-corrected chi connectivity index (χ2v) is 5.44. The zero-order chi connectivity index (χ0) is 15.8. The van der Waals surface area contributed by atoms with E-state index in [1.807, 2.05) is 24.4 Å². The Hall–Kier alpha value is -2.94. The number of fused-ring (bicyclic) bond motifs is 3. The summed E-state index contributed by atoms with van der Waals surface area (Å²) in [6, 6.07) is 20.7. The predicted octanol–water partition coefficient (Wildman–Crippen LogP) is 4.78. The summed E-state index contributed by atoms with van der Waals surface area (Å²) >= 11 is 0. The number of rotatable bonds is 3. The summed E-state index contributed by atoms with van der Waals surface area (Å²) in [5, 5.41) is 1.23. The highest BCUT2D eigenvalue weighted by Gasteiger charge is 2.13.